The van der Waals surface area contributed by atoms with Crippen LogP contribution in [0, 0.1) is 21.4 Å². The van der Waals surface area contributed by atoms with Gasteiger partial charge >= 0.3 is 5.97 Å². The van der Waals surface area contributed by atoms with E-state index in [1.54, 1.807) is 24.3 Å². The standard InChI is InChI=1S/C28H19N3O7/c1-37-25-12-9-17(13-19(16-29)27(33)30-23-11-10-20(31(35)36)15-24(23)32)14-26(25)38-28(34)22-8-4-6-18-5-2-3-7-21(18)22/h2-15,32H,1H3,(H,30,33)/b19-13-. The number of nitrogens with one attached hydrogen (secondary N) is 1. The van der Waals surface area contributed by atoms with E-state index in [4.69, 9.17) is 9.47 Å². The second-order valence-corrected chi connectivity index (χ2v) is 7.91. The average Bonchev–Trinajstić information content (AvgIpc) is 2.92. The summed E-state index contributed by atoms with van der Waals surface area (Å²) in [4.78, 5) is 35.8. The molecule has 4 rings (SSSR count). The number of phenolic OH excluding ortho intramolecular Hbond substituents is 1. The van der Waals surface area contributed by atoms with Crippen LogP contribution < -0.4 is 14.8 Å². The lowest BCUT2D eigenvalue weighted by Gasteiger charge is -2.11. The number of nitro benzene ring substituents is 1. The number of rotatable bonds is 7. The Labute approximate surface area is 216 Å². The molecule has 188 valence electrons. The maximum absolute atomic E-state index is 13.0. The molecule has 0 saturated heterocycles. The fourth-order valence-corrected chi connectivity index (χ4v) is 3.67. The smallest absolute Gasteiger partial charge is 0.344 e. The number of nitriles is 1. The molecule has 0 spiro atoms. The Morgan fingerprint density at radius 1 is 1.03 bits per heavy atom. The van der Waals surface area contributed by atoms with Gasteiger partial charge in [-0.3, -0.25) is 14.9 Å². The molecule has 0 fully saturated rings. The molecule has 0 aliphatic rings. The fourth-order valence-electron chi connectivity index (χ4n) is 3.67. The first-order chi connectivity index (χ1) is 18.3. The Bertz CT molecular complexity index is 1650. The summed E-state index contributed by atoms with van der Waals surface area (Å²) in [6, 6.07) is 22.1. The summed E-state index contributed by atoms with van der Waals surface area (Å²) in [6.07, 6.45) is 1.26. The summed E-state index contributed by atoms with van der Waals surface area (Å²) < 4.78 is 10.9. The quantitative estimate of drug-likeness (QED) is 0.0654. The molecular formula is C28H19N3O7. The highest BCUT2D eigenvalue weighted by atomic mass is 16.6. The number of hydrogen-bond acceptors (Lipinski definition) is 8. The fraction of sp³-hybridized carbons (Fsp3) is 0.0357. The molecule has 0 heterocycles. The van der Waals surface area contributed by atoms with Crippen LogP contribution in [-0.4, -0.2) is 29.0 Å². The third-order valence-corrected chi connectivity index (χ3v) is 5.52. The topological polar surface area (TPSA) is 152 Å². The highest BCUT2D eigenvalue weighted by molar-refractivity contribution is 6.10. The minimum absolute atomic E-state index is 0.0740. The minimum Gasteiger partial charge on any atom is -0.506 e. The van der Waals surface area contributed by atoms with E-state index in [0.29, 0.717) is 16.5 Å². The van der Waals surface area contributed by atoms with Crippen LogP contribution >= 0.6 is 0 Å². The van der Waals surface area contributed by atoms with Crippen molar-refractivity contribution in [3.8, 4) is 23.3 Å². The van der Waals surface area contributed by atoms with Gasteiger partial charge in [-0.15, -0.1) is 0 Å². The van der Waals surface area contributed by atoms with Gasteiger partial charge in [0.2, 0.25) is 0 Å². The number of aromatic hydroxyl groups is 1. The molecule has 1 amide bonds. The molecule has 0 radical (unpaired) electrons. The zero-order chi connectivity index (χ0) is 27.2. The summed E-state index contributed by atoms with van der Waals surface area (Å²) in [7, 11) is 1.41. The number of carbonyl (C=O) groups excluding carboxylic acids is 2. The molecule has 38 heavy (non-hydrogen) atoms. The van der Waals surface area contributed by atoms with E-state index in [1.807, 2.05) is 30.3 Å². The van der Waals surface area contributed by atoms with Crippen molar-refractivity contribution in [1.29, 1.82) is 5.26 Å². The normalized spacial score (nSPS) is 10.9. The SMILES string of the molecule is COc1ccc(/C=C(/C#N)C(=O)Nc2ccc([N+](=O)[O-])cc2O)cc1OC(=O)c1cccc2ccccc12. The van der Waals surface area contributed by atoms with Gasteiger partial charge in [-0.25, -0.2) is 4.79 Å². The van der Waals surface area contributed by atoms with Gasteiger partial charge in [-0.05, 0) is 46.7 Å². The van der Waals surface area contributed by atoms with Gasteiger partial charge in [-0.1, -0.05) is 42.5 Å². The number of benzene rings is 4. The molecular weight excluding hydrogens is 490 g/mol. The van der Waals surface area contributed by atoms with Crippen molar-refractivity contribution in [3.05, 3.63) is 106 Å². The van der Waals surface area contributed by atoms with Crippen molar-refractivity contribution >= 4 is 40.1 Å². The lowest BCUT2D eigenvalue weighted by molar-refractivity contribution is -0.384. The van der Waals surface area contributed by atoms with E-state index in [-0.39, 0.29) is 28.4 Å². The maximum atomic E-state index is 13.0. The monoisotopic (exact) mass is 509 g/mol. The summed E-state index contributed by atoms with van der Waals surface area (Å²) in [5.74, 6) is -1.67. The van der Waals surface area contributed by atoms with Crippen molar-refractivity contribution in [1.82, 2.24) is 0 Å². The molecule has 10 nitrogen and oxygen atoms in total. The van der Waals surface area contributed by atoms with Crippen LogP contribution in [0.2, 0.25) is 0 Å². The van der Waals surface area contributed by atoms with E-state index in [1.165, 1.54) is 25.3 Å². The number of nitrogens with zero attached hydrogens (tertiary/aromatic N) is 2. The van der Waals surface area contributed by atoms with Crippen molar-refractivity contribution in [2.45, 2.75) is 0 Å². The molecule has 2 N–H and O–H groups in total. The van der Waals surface area contributed by atoms with Crippen LogP contribution in [0.4, 0.5) is 11.4 Å². The number of anilines is 1. The summed E-state index contributed by atoms with van der Waals surface area (Å²) in [5, 5.41) is 34.3. The van der Waals surface area contributed by atoms with Crippen LogP contribution in [0.1, 0.15) is 15.9 Å². The molecule has 0 bridgehead atoms. The minimum atomic E-state index is -0.859. The second kappa shape index (κ2) is 10.9. The molecule has 0 saturated carbocycles. The van der Waals surface area contributed by atoms with Crippen molar-refractivity contribution in [2.75, 3.05) is 12.4 Å². The maximum Gasteiger partial charge on any atom is 0.344 e. The molecule has 10 heteroatoms. The molecule has 0 aromatic heterocycles. The number of carbonyl (C=O) groups is 2. The molecule has 4 aromatic rings. The number of fused-ring (bicyclic) bond motifs is 1. The number of phenols is 1. The first kappa shape index (κ1) is 25.4. The van der Waals surface area contributed by atoms with Crippen molar-refractivity contribution in [3.63, 3.8) is 0 Å². The molecule has 4 aromatic carbocycles. The Hall–Kier alpha value is -5.69. The lowest BCUT2D eigenvalue weighted by Crippen LogP contribution is -2.13. The van der Waals surface area contributed by atoms with E-state index in [9.17, 15) is 30.1 Å². The van der Waals surface area contributed by atoms with Gasteiger partial charge in [0.1, 0.15) is 17.4 Å². The van der Waals surface area contributed by atoms with Crippen molar-refractivity contribution in [2.24, 2.45) is 0 Å². The van der Waals surface area contributed by atoms with Crippen LogP contribution in [-0.2, 0) is 4.79 Å². The predicted octanol–water partition coefficient (Wildman–Crippen LogP) is 5.23. The van der Waals surface area contributed by atoms with E-state index in [2.05, 4.69) is 5.32 Å². The molecule has 0 unspecified atom stereocenters. The highest BCUT2D eigenvalue weighted by Gasteiger charge is 2.18. The third kappa shape index (κ3) is 5.42. The largest absolute Gasteiger partial charge is 0.506 e. The first-order valence-corrected chi connectivity index (χ1v) is 11.1. The third-order valence-electron chi connectivity index (χ3n) is 5.52. The molecule has 0 atom stereocenters. The summed E-state index contributed by atoms with van der Waals surface area (Å²) >= 11 is 0. The number of methoxy groups -OCH3 is 1. The zero-order valence-corrected chi connectivity index (χ0v) is 19.9. The van der Waals surface area contributed by atoms with Gasteiger partial charge in [-0.2, -0.15) is 5.26 Å². The van der Waals surface area contributed by atoms with Crippen LogP contribution in [0.15, 0.2) is 84.4 Å². The predicted molar refractivity (Wildman–Crippen MR) is 139 cm³/mol. The summed E-state index contributed by atoms with van der Waals surface area (Å²) in [6.45, 7) is 0. The Kier molecular flexibility index (Phi) is 7.30. The number of amides is 1. The average molecular weight is 509 g/mol. The van der Waals surface area contributed by atoms with Crippen LogP contribution in [0.5, 0.6) is 17.2 Å². The molecule has 0 aliphatic heterocycles. The molecule has 0 aliphatic carbocycles. The Balaban J connectivity index is 1.60. The van der Waals surface area contributed by atoms with E-state index >= 15 is 0 Å². The second-order valence-electron chi connectivity index (χ2n) is 7.91. The number of nitro groups is 1. The van der Waals surface area contributed by atoms with Gasteiger partial charge in [0.05, 0.1) is 29.4 Å². The number of ether oxygens (including phenoxy) is 2. The van der Waals surface area contributed by atoms with Gasteiger partial charge in [0, 0.05) is 6.07 Å². The summed E-state index contributed by atoms with van der Waals surface area (Å²) in [5.41, 5.74) is -0.0990. The Morgan fingerprint density at radius 3 is 2.50 bits per heavy atom. The van der Waals surface area contributed by atoms with Gasteiger partial charge in [0.15, 0.2) is 11.5 Å². The zero-order valence-electron chi connectivity index (χ0n) is 19.9. The van der Waals surface area contributed by atoms with Gasteiger partial charge < -0.3 is 19.9 Å². The number of esters is 1. The Morgan fingerprint density at radius 2 is 1.79 bits per heavy atom. The van der Waals surface area contributed by atoms with Gasteiger partial charge in [0.25, 0.3) is 11.6 Å². The van der Waals surface area contributed by atoms with Crippen molar-refractivity contribution < 1.29 is 29.1 Å². The lowest BCUT2D eigenvalue weighted by atomic mass is 10.0. The van der Waals surface area contributed by atoms with Crippen LogP contribution in [0.3, 0.4) is 0 Å². The number of hydrogen-bond donors (Lipinski definition) is 2. The number of non-ortho nitro benzene ring substituents is 1. The van der Waals surface area contributed by atoms with E-state index in [0.717, 1.165) is 23.6 Å². The highest BCUT2D eigenvalue weighted by Crippen LogP contribution is 2.31. The first-order valence-electron chi connectivity index (χ1n) is 11.1. The van der Waals surface area contributed by atoms with E-state index < -0.39 is 22.5 Å². The van der Waals surface area contributed by atoms with Crippen LogP contribution in [0.25, 0.3) is 16.8 Å².